The summed E-state index contributed by atoms with van der Waals surface area (Å²) in [4.78, 5) is 12.3. The Morgan fingerprint density at radius 1 is 1.00 bits per heavy atom. The van der Waals surface area contributed by atoms with Gasteiger partial charge in [0.2, 0.25) is 0 Å². The van der Waals surface area contributed by atoms with Gasteiger partial charge in [0.1, 0.15) is 11.5 Å². The van der Waals surface area contributed by atoms with Crippen LogP contribution in [0.15, 0.2) is 72.8 Å². The molecule has 4 rings (SSSR count). The SMILES string of the molecule is COC(=O)/C=C/c1ccc(Oc2c(-c3ccccc3[C@@H](C)O)sc3cc(OC)ccc23)cc1. The van der Waals surface area contributed by atoms with E-state index in [-0.39, 0.29) is 0 Å². The molecule has 0 aliphatic rings. The average molecular weight is 461 g/mol. The van der Waals surface area contributed by atoms with E-state index in [1.165, 1.54) is 13.2 Å². The minimum Gasteiger partial charge on any atom is -0.497 e. The molecule has 0 bridgehead atoms. The Kier molecular flexibility index (Phi) is 6.77. The van der Waals surface area contributed by atoms with Crippen molar-refractivity contribution in [3.63, 3.8) is 0 Å². The summed E-state index contributed by atoms with van der Waals surface area (Å²) in [7, 11) is 2.99. The molecule has 0 fully saturated rings. The van der Waals surface area contributed by atoms with Crippen molar-refractivity contribution in [1.82, 2.24) is 0 Å². The van der Waals surface area contributed by atoms with Gasteiger partial charge in [-0.05, 0) is 54.5 Å². The zero-order chi connectivity index (χ0) is 23.4. The van der Waals surface area contributed by atoms with Crippen molar-refractivity contribution in [2.75, 3.05) is 14.2 Å². The van der Waals surface area contributed by atoms with Crippen LogP contribution < -0.4 is 9.47 Å². The molecule has 0 spiro atoms. The lowest BCUT2D eigenvalue weighted by Crippen LogP contribution is -1.95. The summed E-state index contributed by atoms with van der Waals surface area (Å²) in [6.45, 7) is 1.76. The Bertz CT molecular complexity index is 1300. The number of ether oxygens (including phenoxy) is 3. The van der Waals surface area contributed by atoms with Crippen LogP contribution in [-0.4, -0.2) is 25.3 Å². The molecule has 0 radical (unpaired) electrons. The number of carbonyl (C=O) groups is 1. The van der Waals surface area contributed by atoms with Crippen molar-refractivity contribution in [3.05, 3.63) is 83.9 Å². The highest BCUT2D eigenvalue weighted by atomic mass is 32.1. The summed E-state index contributed by atoms with van der Waals surface area (Å²) < 4.78 is 17.5. The molecule has 0 amide bonds. The molecule has 0 saturated carbocycles. The van der Waals surface area contributed by atoms with Crippen LogP contribution in [0.3, 0.4) is 0 Å². The second-order valence-electron chi connectivity index (χ2n) is 7.41. The van der Waals surface area contributed by atoms with Crippen molar-refractivity contribution < 1.29 is 24.1 Å². The number of rotatable bonds is 7. The Morgan fingerprint density at radius 2 is 1.73 bits per heavy atom. The average Bonchev–Trinajstić information content (AvgIpc) is 3.20. The van der Waals surface area contributed by atoms with Crippen LogP contribution in [0.2, 0.25) is 0 Å². The van der Waals surface area contributed by atoms with Gasteiger partial charge in [-0.15, -0.1) is 11.3 Å². The quantitative estimate of drug-likeness (QED) is 0.248. The van der Waals surface area contributed by atoms with Gasteiger partial charge >= 0.3 is 5.97 Å². The summed E-state index contributed by atoms with van der Waals surface area (Å²) in [5, 5.41) is 11.3. The van der Waals surface area contributed by atoms with Crippen LogP contribution in [0, 0.1) is 0 Å². The lowest BCUT2D eigenvalue weighted by Gasteiger charge is -2.13. The molecule has 168 valence electrons. The second-order valence-corrected chi connectivity index (χ2v) is 8.47. The van der Waals surface area contributed by atoms with Crippen LogP contribution in [0.25, 0.3) is 26.6 Å². The fourth-order valence-electron chi connectivity index (χ4n) is 3.52. The molecule has 0 aliphatic carbocycles. The molecule has 0 aliphatic heterocycles. The zero-order valence-corrected chi connectivity index (χ0v) is 19.4. The normalized spacial score (nSPS) is 12.1. The van der Waals surface area contributed by atoms with E-state index in [9.17, 15) is 9.90 Å². The summed E-state index contributed by atoms with van der Waals surface area (Å²) in [5.41, 5.74) is 2.62. The van der Waals surface area contributed by atoms with Crippen molar-refractivity contribution in [2.24, 2.45) is 0 Å². The van der Waals surface area contributed by atoms with Gasteiger partial charge < -0.3 is 19.3 Å². The minimum atomic E-state index is -0.616. The van der Waals surface area contributed by atoms with Gasteiger partial charge in [0, 0.05) is 21.7 Å². The molecule has 4 aromatic rings. The first-order valence-corrected chi connectivity index (χ1v) is 11.2. The number of aliphatic hydroxyl groups is 1. The van der Waals surface area contributed by atoms with Crippen LogP contribution >= 0.6 is 11.3 Å². The minimum absolute atomic E-state index is 0.406. The first-order chi connectivity index (χ1) is 16.0. The van der Waals surface area contributed by atoms with Gasteiger partial charge in [0.25, 0.3) is 0 Å². The van der Waals surface area contributed by atoms with Crippen molar-refractivity contribution in [2.45, 2.75) is 13.0 Å². The van der Waals surface area contributed by atoms with Gasteiger partial charge in [-0.1, -0.05) is 36.4 Å². The topological polar surface area (TPSA) is 65.0 Å². The lowest BCUT2D eigenvalue weighted by molar-refractivity contribution is -0.134. The van der Waals surface area contributed by atoms with Crippen LogP contribution in [-0.2, 0) is 9.53 Å². The Hall–Kier alpha value is -3.61. The van der Waals surface area contributed by atoms with E-state index in [1.54, 1.807) is 31.4 Å². The van der Waals surface area contributed by atoms with Crippen molar-refractivity contribution in [3.8, 4) is 27.7 Å². The maximum Gasteiger partial charge on any atom is 0.330 e. The number of hydrogen-bond donors (Lipinski definition) is 1. The fourth-order valence-corrected chi connectivity index (χ4v) is 4.73. The Morgan fingerprint density at radius 3 is 2.42 bits per heavy atom. The third-order valence-corrected chi connectivity index (χ3v) is 6.39. The maximum absolute atomic E-state index is 11.3. The number of hydrogen-bond acceptors (Lipinski definition) is 6. The standard InChI is InChI=1S/C27H24O5S/c1-17(28)21-6-4-5-7-22(21)27-26(23-14-13-20(30-2)16-24(23)33-27)32-19-11-8-18(9-12-19)10-15-25(29)31-3/h4-17,28H,1-3H3/b15-10+/t17-/m1/s1. The molecular weight excluding hydrogens is 436 g/mol. The predicted octanol–water partition coefficient (Wildman–Crippen LogP) is 6.61. The van der Waals surface area contributed by atoms with Gasteiger partial charge in [0.05, 0.1) is 25.2 Å². The van der Waals surface area contributed by atoms with Crippen LogP contribution in [0.4, 0.5) is 0 Å². The summed E-state index contributed by atoms with van der Waals surface area (Å²) in [5.74, 6) is 1.75. The van der Waals surface area contributed by atoms with E-state index in [2.05, 4.69) is 4.74 Å². The van der Waals surface area contributed by atoms with E-state index in [0.29, 0.717) is 5.75 Å². The summed E-state index contributed by atoms with van der Waals surface area (Å²) >= 11 is 1.60. The highest BCUT2D eigenvalue weighted by Crippen LogP contribution is 2.48. The monoisotopic (exact) mass is 460 g/mol. The first-order valence-electron chi connectivity index (χ1n) is 10.4. The number of thiophene rings is 1. The highest BCUT2D eigenvalue weighted by Gasteiger charge is 2.20. The fraction of sp³-hybridized carbons (Fsp3) is 0.148. The Balaban J connectivity index is 1.77. The third kappa shape index (κ3) is 4.92. The van der Waals surface area contributed by atoms with E-state index < -0.39 is 12.1 Å². The molecule has 6 heteroatoms. The smallest absolute Gasteiger partial charge is 0.330 e. The molecule has 1 aromatic heterocycles. The molecule has 1 N–H and O–H groups in total. The number of benzene rings is 3. The van der Waals surface area contributed by atoms with Crippen molar-refractivity contribution >= 4 is 33.5 Å². The van der Waals surface area contributed by atoms with E-state index in [4.69, 9.17) is 9.47 Å². The maximum atomic E-state index is 11.3. The van der Waals surface area contributed by atoms with E-state index in [0.717, 1.165) is 43.2 Å². The van der Waals surface area contributed by atoms with Gasteiger partial charge in [0.15, 0.2) is 5.75 Å². The van der Waals surface area contributed by atoms with Gasteiger partial charge in [-0.2, -0.15) is 0 Å². The molecule has 33 heavy (non-hydrogen) atoms. The Labute approximate surface area is 196 Å². The van der Waals surface area contributed by atoms with Crippen LogP contribution in [0.1, 0.15) is 24.2 Å². The van der Waals surface area contributed by atoms with Crippen LogP contribution in [0.5, 0.6) is 17.2 Å². The van der Waals surface area contributed by atoms with E-state index >= 15 is 0 Å². The van der Waals surface area contributed by atoms with E-state index in [1.807, 2.05) is 66.7 Å². The van der Waals surface area contributed by atoms with Gasteiger partial charge in [-0.3, -0.25) is 0 Å². The molecule has 1 heterocycles. The summed E-state index contributed by atoms with van der Waals surface area (Å²) in [6.07, 6.45) is 2.45. The molecule has 0 saturated heterocycles. The number of aliphatic hydroxyl groups excluding tert-OH is 1. The van der Waals surface area contributed by atoms with Gasteiger partial charge in [-0.25, -0.2) is 4.79 Å². The molecule has 3 aromatic carbocycles. The number of esters is 1. The molecular formula is C27H24O5S. The molecule has 5 nitrogen and oxygen atoms in total. The zero-order valence-electron chi connectivity index (χ0n) is 18.6. The number of fused-ring (bicyclic) bond motifs is 1. The second kappa shape index (κ2) is 9.90. The highest BCUT2D eigenvalue weighted by molar-refractivity contribution is 7.22. The number of methoxy groups -OCH3 is 2. The largest absolute Gasteiger partial charge is 0.497 e. The van der Waals surface area contributed by atoms with Crippen molar-refractivity contribution in [1.29, 1.82) is 0 Å². The first kappa shape index (κ1) is 22.6. The summed E-state index contributed by atoms with van der Waals surface area (Å²) in [6, 6.07) is 21.1. The predicted molar refractivity (Wildman–Crippen MR) is 132 cm³/mol. The molecule has 0 unspecified atom stereocenters. The lowest BCUT2D eigenvalue weighted by atomic mass is 10.0. The number of carbonyl (C=O) groups excluding carboxylic acids is 1. The molecule has 1 atom stereocenters. The third-order valence-electron chi connectivity index (χ3n) is 5.22.